The highest BCUT2D eigenvalue weighted by atomic mass is 79.9. The van der Waals surface area contributed by atoms with Crippen molar-refractivity contribution in [1.29, 1.82) is 5.41 Å². The summed E-state index contributed by atoms with van der Waals surface area (Å²) in [6.45, 7) is 11.4. The highest BCUT2D eigenvalue weighted by Gasteiger charge is 2.23. The van der Waals surface area contributed by atoms with Gasteiger partial charge >= 0.3 is 5.82 Å². The van der Waals surface area contributed by atoms with Gasteiger partial charge in [-0.2, -0.15) is 0 Å². The minimum Gasteiger partial charge on any atom is -0.482 e. The second kappa shape index (κ2) is 33.8. The van der Waals surface area contributed by atoms with Crippen LogP contribution >= 0.6 is 89.9 Å². The number of benzene rings is 5. The second-order valence-corrected chi connectivity index (χ2v) is 22.2. The Hall–Kier alpha value is -7.15. The number of pyridine rings is 3. The molecule has 0 aliphatic heterocycles. The van der Waals surface area contributed by atoms with Crippen molar-refractivity contribution in [3.05, 3.63) is 240 Å². The summed E-state index contributed by atoms with van der Waals surface area (Å²) < 4.78 is 83.3. The van der Waals surface area contributed by atoms with Gasteiger partial charge in [0.15, 0.2) is 35.1 Å². The third-order valence-electron chi connectivity index (χ3n) is 11.6. The molecule has 0 radical (unpaired) electrons. The monoisotopic (exact) mass is 1430 g/mol. The van der Waals surface area contributed by atoms with E-state index in [0.717, 1.165) is 10.5 Å². The van der Waals surface area contributed by atoms with Crippen LogP contribution < -0.4 is 31.4 Å². The number of allylic oxidation sites excluding steroid dienone is 2. The van der Waals surface area contributed by atoms with E-state index in [4.69, 9.17) is 99.9 Å². The van der Waals surface area contributed by atoms with E-state index in [9.17, 15) is 36.9 Å². The average Bonchev–Trinajstić information content (AvgIpc) is 3.13. The number of hydrogen-bond acceptors (Lipinski definition) is 14. The lowest BCUT2D eigenvalue weighted by Crippen LogP contribution is -2.09. The molecule has 0 aliphatic carbocycles. The molecule has 87 heavy (non-hydrogen) atoms. The molecule has 5 aromatic carbocycles. The van der Waals surface area contributed by atoms with Crippen LogP contribution in [0.5, 0.6) is 17.2 Å². The molecule has 0 amide bonds. The van der Waals surface area contributed by atoms with E-state index >= 15 is 0 Å². The van der Waals surface area contributed by atoms with Gasteiger partial charge in [-0.1, -0.05) is 58.0 Å². The zero-order valence-corrected chi connectivity index (χ0v) is 53.8. The molecule has 15 nitrogen and oxygen atoms in total. The largest absolute Gasteiger partial charge is 0.482 e. The fourth-order valence-corrected chi connectivity index (χ4v) is 9.39. The molecule has 4 unspecified atom stereocenters. The van der Waals surface area contributed by atoms with Gasteiger partial charge in [0.1, 0.15) is 47.4 Å². The molecule has 27 heteroatoms. The molecule has 8 N–H and O–H groups in total. The number of aliphatic hydroxyl groups is 1. The van der Waals surface area contributed by atoms with Gasteiger partial charge in [-0.3, -0.25) is 4.79 Å². The number of hydrogen-bond donors (Lipinski definition) is 5. The number of aromatic nitrogens is 3. The summed E-state index contributed by atoms with van der Waals surface area (Å²) in [6, 6.07) is 24.5. The van der Waals surface area contributed by atoms with Gasteiger partial charge < -0.3 is 52.0 Å². The maximum absolute atomic E-state index is 13.5. The molecule has 0 saturated carbocycles. The van der Waals surface area contributed by atoms with E-state index in [1.165, 1.54) is 110 Å². The van der Waals surface area contributed by atoms with Crippen molar-refractivity contribution in [2.75, 3.05) is 11.5 Å². The first-order chi connectivity index (χ1) is 40.8. The maximum atomic E-state index is 13.5. The summed E-state index contributed by atoms with van der Waals surface area (Å²) in [4.78, 5) is 32.8. The zero-order chi connectivity index (χ0) is 65.1. The van der Waals surface area contributed by atoms with Crippen LogP contribution in [-0.2, 0) is 0 Å². The third-order valence-corrected chi connectivity index (χ3v) is 14.1. The predicted octanol–water partition coefficient (Wildman–Crippen LogP) is 18.6. The Kier molecular flexibility index (Phi) is 28.1. The van der Waals surface area contributed by atoms with Gasteiger partial charge in [0.05, 0.1) is 15.6 Å². The number of carbonyl (C=O) groups excluding carboxylic acids is 1. The molecule has 0 aliphatic rings. The Morgan fingerprint density at radius 2 is 0.908 bits per heavy atom. The average molecular weight is 1430 g/mol. The number of nitro groups is 1. The quantitative estimate of drug-likeness (QED) is 0.0224. The Balaban J connectivity index is 0.000000241. The normalized spacial score (nSPS) is 12.2. The Morgan fingerprint density at radius 3 is 1.28 bits per heavy atom. The second-order valence-electron chi connectivity index (χ2n) is 18.4. The lowest BCUT2D eigenvalue weighted by atomic mass is 10.0. The summed E-state index contributed by atoms with van der Waals surface area (Å²) >= 11 is 35.8. The number of aliphatic hydroxyl groups excluding tert-OH is 1. The summed E-state index contributed by atoms with van der Waals surface area (Å²) in [5.41, 5.74) is 21.6. The van der Waals surface area contributed by atoms with Gasteiger partial charge in [0.25, 0.3) is 0 Å². The molecule has 3 heterocycles. The van der Waals surface area contributed by atoms with Crippen LogP contribution in [0.2, 0.25) is 25.1 Å². The minimum atomic E-state index is -0.724. The number of anilines is 2. The van der Waals surface area contributed by atoms with E-state index in [1.54, 1.807) is 59.9 Å². The first-order valence-electron chi connectivity index (χ1n) is 25.2. The molecule has 0 bridgehead atoms. The van der Waals surface area contributed by atoms with Gasteiger partial charge in [-0.15, -0.1) is 0 Å². The number of nitrogens with two attached hydrogens (primary N) is 3. The van der Waals surface area contributed by atoms with Crippen LogP contribution in [0.3, 0.4) is 0 Å². The molecule has 0 spiro atoms. The molecule has 460 valence electrons. The highest BCUT2D eigenvalue weighted by Crippen LogP contribution is 2.36. The van der Waals surface area contributed by atoms with Crippen LogP contribution in [0.15, 0.2) is 142 Å². The van der Waals surface area contributed by atoms with E-state index in [0.29, 0.717) is 85.9 Å². The van der Waals surface area contributed by atoms with Crippen LogP contribution in [0, 0.1) is 44.6 Å². The number of nitrogen functional groups attached to an aromatic ring is 2. The topological polar surface area (TPSA) is 249 Å². The Labute approximate surface area is 539 Å². The number of nitrogens with zero attached hydrogens (tertiary/aromatic N) is 4. The number of halogens is 12. The molecule has 4 atom stereocenters. The third kappa shape index (κ3) is 22.2. The Bertz CT molecular complexity index is 3800. The van der Waals surface area contributed by atoms with Crippen molar-refractivity contribution in [1.82, 2.24) is 15.0 Å². The number of Topliss-reactive ketones (excluding diaryl/α,β-unsaturated/α-hetero) is 1. The summed E-state index contributed by atoms with van der Waals surface area (Å²) in [7, 11) is 0. The summed E-state index contributed by atoms with van der Waals surface area (Å²) in [5.74, 6) is -1.56. The van der Waals surface area contributed by atoms with Crippen LogP contribution in [0.4, 0.5) is 39.4 Å². The van der Waals surface area contributed by atoms with Crippen LogP contribution in [0.1, 0.15) is 111 Å². The van der Waals surface area contributed by atoms with Gasteiger partial charge in [-0.05, 0) is 193 Å². The zero-order valence-electron chi connectivity index (χ0n) is 46.9. The molecule has 3 aromatic heterocycles. The fraction of sp³-hybridized carbons (Fsp3) is 0.183. The summed E-state index contributed by atoms with van der Waals surface area (Å²) in [6.07, 6.45) is 2.01. The van der Waals surface area contributed by atoms with E-state index < -0.39 is 52.6 Å². The lowest BCUT2D eigenvalue weighted by molar-refractivity contribution is -0.390. The van der Waals surface area contributed by atoms with Crippen molar-refractivity contribution in [2.24, 2.45) is 5.73 Å². The fourth-order valence-electron chi connectivity index (χ4n) is 7.43. The Morgan fingerprint density at radius 1 is 0.563 bits per heavy atom. The SMILES string of the molecule is CC(=N)/C(=C(/C)N)c1cnc(N)c(OC(C)c2cc(F)ccc2Cl)c1.CC(=O)c1cc(F)ccc1Cl.CC(O)c1cc(F)ccc1Cl.CC(Oc1cc(Br)cnc1N)c1cc(F)ccc1Cl.CC(Oc1cc(Br)cnc1[N+](=O)[O-])c1cc(F)ccc1Cl. The van der Waals surface area contributed by atoms with Crippen LogP contribution in [-0.4, -0.2) is 36.5 Å². The lowest BCUT2D eigenvalue weighted by Gasteiger charge is -2.18. The highest BCUT2D eigenvalue weighted by molar-refractivity contribution is 9.10. The first kappa shape index (κ1) is 72.3. The molecule has 8 rings (SSSR count). The smallest absolute Gasteiger partial charge is 0.406 e. The molecular formula is C60H54Br2Cl5F5N8O7. The van der Waals surface area contributed by atoms with Crippen molar-refractivity contribution >= 4 is 124 Å². The predicted molar refractivity (Wildman–Crippen MR) is 339 cm³/mol. The number of rotatable bonds is 14. The number of nitrogens with one attached hydrogen (secondary N) is 1. The first-order valence-corrected chi connectivity index (χ1v) is 28.7. The van der Waals surface area contributed by atoms with Crippen molar-refractivity contribution < 1.29 is 51.0 Å². The van der Waals surface area contributed by atoms with Gasteiger partial charge in [-0.25, -0.2) is 31.9 Å². The van der Waals surface area contributed by atoms with Gasteiger partial charge in [0, 0.05) is 93.4 Å². The number of ether oxygens (including phenoxy) is 3. The van der Waals surface area contributed by atoms with E-state index in [1.807, 2.05) is 0 Å². The van der Waals surface area contributed by atoms with E-state index in [2.05, 4.69) is 46.8 Å². The number of ketones is 1. The number of carbonyl (C=O) groups is 1. The minimum absolute atomic E-state index is 0.0257. The summed E-state index contributed by atoms with van der Waals surface area (Å²) in [5, 5.41) is 29.7. The molecule has 0 fully saturated rings. The van der Waals surface area contributed by atoms with Crippen molar-refractivity contribution in [3.8, 4) is 17.2 Å². The van der Waals surface area contributed by atoms with Crippen LogP contribution in [0.25, 0.3) is 5.57 Å². The molecular weight excluding hydrogens is 1380 g/mol. The van der Waals surface area contributed by atoms with Crippen molar-refractivity contribution in [2.45, 2.75) is 72.9 Å². The standard InChI is InChI=1S/C18H20ClFN4O.C13H9BrClFN2O3.C13H11BrClFN2O.C8H8ClFO.C8H6ClFO/c1-9(21)17(10(2)22)12-6-16(18(23)24-8-12)25-11(3)14-7-13(20)4-5-15(14)19;1-7(10-5-9(16)2-3-11(10)15)21-12-4-8(14)6-17-13(12)18(19)20;1-7(10-5-9(16)2-3-11(10)15)19-12-4-8(14)6-18-13(12)17;2*1-5(11)7-4-6(10)2-3-8(7)9/h4-8,11,21H,22H2,1-3H3,(H2,23,24);2-7H,1H3;2-7H,1H3,(H2,17,18);2-5,11H,1H3;2-4H,1H3/b17-10+,21-9?;;;;. The molecule has 8 aromatic rings. The van der Waals surface area contributed by atoms with Gasteiger partial charge in [0.2, 0.25) is 5.75 Å². The maximum Gasteiger partial charge on any atom is 0.406 e. The van der Waals surface area contributed by atoms with Crippen molar-refractivity contribution in [3.63, 3.8) is 0 Å². The van der Waals surface area contributed by atoms with E-state index in [-0.39, 0.29) is 40.4 Å². The molecule has 0 saturated heterocycles.